The molecule has 0 aromatic heterocycles. The Balaban J connectivity index is 1.52. The van der Waals surface area contributed by atoms with Crippen molar-refractivity contribution in [2.24, 2.45) is 0 Å². The van der Waals surface area contributed by atoms with E-state index in [9.17, 15) is 9.59 Å². The molecule has 1 fully saturated rings. The first-order chi connectivity index (χ1) is 11.6. The van der Waals surface area contributed by atoms with Gasteiger partial charge in [-0.15, -0.1) is 0 Å². The van der Waals surface area contributed by atoms with E-state index in [1.807, 2.05) is 42.5 Å². The van der Waals surface area contributed by atoms with Crippen LogP contribution in [0.5, 0.6) is 0 Å². The molecule has 0 aliphatic heterocycles. The van der Waals surface area contributed by atoms with E-state index in [4.69, 9.17) is 11.6 Å². The Morgan fingerprint density at radius 3 is 2.33 bits per heavy atom. The molecule has 3 rings (SSSR count). The molecule has 0 heterocycles. The Morgan fingerprint density at radius 1 is 0.958 bits per heavy atom. The van der Waals surface area contributed by atoms with Gasteiger partial charge in [-0.2, -0.15) is 0 Å². The average molecular weight is 343 g/mol. The summed E-state index contributed by atoms with van der Waals surface area (Å²) >= 11 is 6.06. The van der Waals surface area contributed by atoms with Crippen molar-refractivity contribution in [3.63, 3.8) is 0 Å². The third kappa shape index (κ3) is 4.83. The van der Waals surface area contributed by atoms with E-state index in [1.54, 1.807) is 6.07 Å². The zero-order chi connectivity index (χ0) is 16.9. The lowest BCUT2D eigenvalue weighted by atomic mass is 10.1. The van der Waals surface area contributed by atoms with Crippen LogP contribution >= 0.6 is 11.6 Å². The molecule has 5 heteroatoms. The van der Waals surface area contributed by atoms with Gasteiger partial charge in [0.2, 0.25) is 11.8 Å². The van der Waals surface area contributed by atoms with Gasteiger partial charge in [-0.3, -0.25) is 9.59 Å². The van der Waals surface area contributed by atoms with Crippen molar-refractivity contribution in [2.45, 2.75) is 31.7 Å². The van der Waals surface area contributed by atoms with Gasteiger partial charge in [0.25, 0.3) is 0 Å². The molecule has 0 unspecified atom stereocenters. The Labute approximate surface area is 146 Å². The molecule has 2 aromatic rings. The molecule has 2 amide bonds. The number of amides is 2. The van der Waals surface area contributed by atoms with E-state index < -0.39 is 0 Å². The second kappa shape index (κ2) is 7.49. The number of rotatable bonds is 6. The lowest BCUT2D eigenvalue weighted by molar-refractivity contribution is -0.120. The molecule has 0 bridgehead atoms. The van der Waals surface area contributed by atoms with Crippen molar-refractivity contribution in [1.82, 2.24) is 5.32 Å². The van der Waals surface area contributed by atoms with Crippen LogP contribution < -0.4 is 10.6 Å². The van der Waals surface area contributed by atoms with Crippen LogP contribution in [-0.2, 0) is 22.4 Å². The molecular formula is C19H19ClN2O2. The highest BCUT2D eigenvalue weighted by Gasteiger charge is 2.23. The number of anilines is 1. The molecule has 124 valence electrons. The Kier molecular flexibility index (Phi) is 5.16. The second-order valence-electron chi connectivity index (χ2n) is 6.03. The highest BCUT2D eigenvalue weighted by molar-refractivity contribution is 6.31. The zero-order valence-corrected chi connectivity index (χ0v) is 14.0. The first-order valence-corrected chi connectivity index (χ1v) is 8.39. The summed E-state index contributed by atoms with van der Waals surface area (Å²) in [6.07, 6.45) is 2.76. The van der Waals surface area contributed by atoms with Gasteiger partial charge in [0.05, 0.1) is 12.8 Å². The highest BCUT2D eigenvalue weighted by atomic mass is 35.5. The largest absolute Gasteiger partial charge is 0.353 e. The summed E-state index contributed by atoms with van der Waals surface area (Å²) in [7, 11) is 0. The summed E-state index contributed by atoms with van der Waals surface area (Å²) in [6, 6.07) is 15.0. The summed E-state index contributed by atoms with van der Waals surface area (Å²) in [5.41, 5.74) is 2.43. The topological polar surface area (TPSA) is 58.2 Å². The Bertz CT molecular complexity index is 739. The molecule has 0 spiro atoms. The number of hydrogen-bond acceptors (Lipinski definition) is 2. The van der Waals surface area contributed by atoms with Crippen LogP contribution in [0.4, 0.5) is 5.69 Å². The number of carbonyl (C=O) groups is 2. The summed E-state index contributed by atoms with van der Waals surface area (Å²) < 4.78 is 0. The molecule has 0 saturated heterocycles. The number of carbonyl (C=O) groups excluding carboxylic acids is 2. The summed E-state index contributed by atoms with van der Waals surface area (Å²) in [6.45, 7) is 0. The normalized spacial score (nSPS) is 13.4. The highest BCUT2D eigenvalue weighted by Crippen LogP contribution is 2.19. The fraction of sp³-hybridized carbons (Fsp3) is 0.263. The molecule has 1 saturated carbocycles. The molecule has 1 aliphatic carbocycles. The molecule has 4 nitrogen and oxygen atoms in total. The quantitative estimate of drug-likeness (QED) is 0.845. The first-order valence-electron chi connectivity index (χ1n) is 8.02. The van der Waals surface area contributed by atoms with Crippen molar-refractivity contribution < 1.29 is 9.59 Å². The van der Waals surface area contributed by atoms with Gasteiger partial charge in [-0.1, -0.05) is 41.9 Å². The molecular weight excluding hydrogens is 324 g/mol. The Hall–Kier alpha value is -2.33. The van der Waals surface area contributed by atoms with Crippen molar-refractivity contribution in [3.05, 3.63) is 64.7 Å². The lowest BCUT2D eigenvalue weighted by Gasteiger charge is -2.08. The molecule has 2 aromatic carbocycles. The smallest absolute Gasteiger partial charge is 0.228 e. The van der Waals surface area contributed by atoms with Crippen molar-refractivity contribution in [3.8, 4) is 0 Å². The van der Waals surface area contributed by atoms with E-state index in [2.05, 4.69) is 10.6 Å². The Morgan fingerprint density at radius 2 is 1.67 bits per heavy atom. The van der Waals surface area contributed by atoms with Gasteiger partial charge in [0, 0.05) is 16.8 Å². The maximum atomic E-state index is 12.1. The van der Waals surface area contributed by atoms with E-state index in [0.29, 0.717) is 23.2 Å². The van der Waals surface area contributed by atoms with Crippen LogP contribution in [0.15, 0.2) is 48.5 Å². The SMILES string of the molecule is O=C(Cc1ccccc1Cl)Nc1ccc(CC(=O)NC2CC2)cc1. The van der Waals surface area contributed by atoms with Gasteiger partial charge in [0.1, 0.15) is 0 Å². The maximum absolute atomic E-state index is 12.1. The number of benzene rings is 2. The molecule has 24 heavy (non-hydrogen) atoms. The first kappa shape index (κ1) is 16.5. The van der Waals surface area contributed by atoms with E-state index in [1.165, 1.54) is 0 Å². The third-order valence-electron chi connectivity index (χ3n) is 3.85. The predicted molar refractivity (Wildman–Crippen MR) is 95.1 cm³/mol. The molecule has 0 atom stereocenters. The monoisotopic (exact) mass is 342 g/mol. The summed E-state index contributed by atoms with van der Waals surface area (Å²) in [5.74, 6) is -0.0738. The maximum Gasteiger partial charge on any atom is 0.228 e. The van der Waals surface area contributed by atoms with Gasteiger partial charge < -0.3 is 10.6 Å². The van der Waals surface area contributed by atoms with Crippen molar-refractivity contribution in [2.75, 3.05) is 5.32 Å². The van der Waals surface area contributed by atoms with Crippen molar-refractivity contribution in [1.29, 1.82) is 0 Å². The van der Waals surface area contributed by atoms with Crippen molar-refractivity contribution >= 4 is 29.1 Å². The fourth-order valence-corrected chi connectivity index (χ4v) is 2.62. The second-order valence-corrected chi connectivity index (χ2v) is 6.44. The van der Waals surface area contributed by atoms with Crippen LogP contribution in [-0.4, -0.2) is 17.9 Å². The van der Waals surface area contributed by atoms with Gasteiger partial charge in [0.15, 0.2) is 0 Å². The minimum Gasteiger partial charge on any atom is -0.353 e. The fourth-order valence-electron chi connectivity index (χ4n) is 2.42. The van der Waals surface area contributed by atoms with Crippen LogP contribution in [0.3, 0.4) is 0 Å². The van der Waals surface area contributed by atoms with E-state index >= 15 is 0 Å². The van der Waals surface area contributed by atoms with Crippen LogP contribution in [0.1, 0.15) is 24.0 Å². The molecule has 0 radical (unpaired) electrons. The molecule has 1 aliphatic rings. The average Bonchev–Trinajstić information content (AvgIpc) is 3.35. The summed E-state index contributed by atoms with van der Waals surface area (Å²) in [5, 5.41) is 6.39. The number of hydrogen-bond donors (Lipinski definition) is 2. The minimum atomic E-state index is -0.123. The predicted octanol–water partition coefficient (Wildman–Crippen LogP) is 3.34. The number of halogens is 1. The van der Waals surface area contributed by atoms with Crippen LogP contribution in [0.25, 0.3) is 0 Å². The molecule has 2 N–H and O–H groups in total. The van der Waals surface area contributed by atoms with Crippen LogP contribution in [0.2, 0.25) is 5.02 Å². The summed E-state index contributed by atoms with van der Waals surface area (Å²) in [4.78, 5) is 23.9. The lowest BCUT2D eigenvalue weighted by Crippen LogP contribution is -2.26. The number of nitrogens with one attached hydrogen (secondary N) is 2. The standard InChI is InChI=1S/C19H19ClN2O2/c20-17-4-2-1-3-14(17)12-19(24)22-15-7-5-13(6-8-15)11-18(23)21-16-9-10-16/h1-8,16H,9-12H2,(H,21,23)(H,22,24). The van der Waals surface area contributed by atoms with E-state index in [-0.39, 0.29) is 18.2 Å². The van der Waals surface area contributed by atoms with E-state index in [0.717, 1.165) is 24.0 Å². The third-order valence-corrected chi connectivity index (χ3v) is 4.22. The van der Waals surface area contributed by atoms with Gasteiger partial charge in [-0.25, -0.2) is 0 Å². The zero-order valence-electron chi connectivity index (χ0n) is 13.2. The van der Waals surface area contributed by atoms with Gasteiger partial charge in [-0.05, 0) is 42.2 Å². The minimum absolute atomic E-state index is 0.0491. The van der Waals surface area contributed by atoms with Crippen LogP contribution in [0, 0.1) is 0 Å². The van der Waals surface area contributed by atoms with Gasteiger partial charge >= 0.3 is 0 Å².